The van der Waals surface area contributed by atoms with Gasteiger partial charge in [-0.05, 0) is 24.3 Å². The van der Waals surface area contributed by atoms with Crippen molar-refractivity contribution in [3.63, 3.8) is 0 Å². The largest absolute Gasteiger partial charge is 0.380 e. The molecule has 0 aromatic rings. The van der Waals surface area contributed by atoms with Crippen molar-refractivity contribution in [3.8, 4) is 0 Å². The number of rotatable bonds is 3. The van der Waals surface area contributed by atoms with Gasteiger partial charge in [0.1, 0.15) is 0 Å². The van der Waals surface area contributed by atoms with Crippen LogP contribution in [0.2, 0.25) is 0 Å². The molecule has 1 atom stereocenters. The van der Waals surface area contributed by atoms with Crippen LogP contribution >= 0.6 is 0 Å². The lowest BCUT2D eigenvalue weighted by Gasteiger charge is -2.52. The van der Waals surface area contributed by atoms with Crippen molar-refractivity contribution < 1.29 is 4.74 Å². The lowest BCUT2D eigenvalue weighted by molar-refractivity contribution is -0.179. The molecule has 0 aromatic carbocycles. The van der Waals surface area contributed by atoms with Gasteiger partial charge >= 0.3 is 0 Å². The first-order valence-corrected chi connectivity index (χ1v) is 5.19. The highest BCUT2D eigenvalue weighted by atomic mass is 16.5. The minimum atomic E-state index is 0.342. The van der Waals surface area contributed by atoms with E-state index in [-0.39, 0.29) is 0 Å². The van der Waals surface area contributed by atoms with Crippen molar-refractivity contribution >= 4 is 0 Å². The Labute approximate surface area is 81.8 Å². The third-order valence-corrected chi connectivity index (χ3v) is 3.49. The predicted molar refractivity (Wildman–Crippen MR) is 55.5 cm³/mol. The Morgan fingerprint density at radius 2 is 1.92 bits per heavy atom. The second-order valence-corrected chi connectivity index (χ2v) is 5.57. The molecule has 0 aromatic heterocycles. The molecule has 0 spiro atoms. The van der Waals surface area contributed by atoms with Gasteiger partial charge in [0, 0.05) is 5.41 Å². The summed E-state index contributed by atoms with van der Waals surface area (Å²) in [6.45, 7) is 11.8. The Hall–Kier alpha value is -0.0800. The topological polar surface area (TPSA) is 35.2 Å². The molecule has 0 radical (unpaired) electrons. The molecule has 1 saturated heterocycles. The first-order chi connectivity index (χ1) is 5.91. The summed E-state index contributed by atoms with van der Waals surface area (Å²) in [5, 5.41) is 0. The third-order valence-electron chi connectivity index (χ3n) is 3.49. The first kappa shape index (κ1) is 11.0. The lowest BCUT2D eigenvalue weighted by Crippen LogP contribution is -2.53. The zero-order chi connectivity index (χ0) is 10.1. The van der Waals surface area contributed by atoms with Crippen molar-refractivity contribution in [1.82, 2.24) is 0 Å². The van der Waals surface area contributed by atoms with Crippen molar-refractivity contribution in [2.24, 2.45) is 22.5 Å². The van der Waals surface area contributed by atoms with Crippen LogP contribution in [0.3, 0.4) is 0 Å². The van der Waals surface area contributed by atoms with Gasteiger partial charge in [-0.2, -0.15) is 0 Å². The van der Waals surface area contributed by atoms with Crippen LogP contribution < -0.4 is 5.73 Å². The second-order valence-electron chi connectivity index (χ2n) is 5.57. The second kappa shape index (κ2) is 3.58. The van der Waals surface area contributed by atoms with Crippen molar-refractivity contribution in [2.75, 3.05) is 19.8 Å². The minimum Gasteiger partial charge on any atom is -0.380 e. The monoisotopic (exact) mass is 185 g/mol. The quantitative estimate of drug-likeness (QED) is 0.730. The summed E-state index contributed by atoms with van der Waals surface area (Å²) in [7, 11) is 0. The van der Waals surface area contributed by atoms with E-state index in [9.17, 15) is 0 Å². The molecule has 1 heterocycles. The summed E-state index contributed by atoms with van der Waals surface area (Å²) < 4.78 is 5.37. The zero-order valence-corrected chi connectivity index (χ0v) is 9.39. The SMILES string of the molecule is CC(CN)CC1(C(C)(C)C)COC1. The molecule has 2 nitrogen and oxygen atoms in total. The van der Waals surface area contributed by atoms with E-state index in [2.05, 4.69) is 27.7 Å². The summed E-state index contributed by atoms with van der Waals surface area (Å²) in [6, 6.07) is 0. The molecule has 1 aliphatic rings. The first-order valence-electron chi connectivity index (χ1n) is 5.19. The van der Waals surface area contributed by atoms with E-state index in [1.165, 1.54) is 6.42 Å². The summed E-state index contributed by atoms with van der Waals surface area (Å²) in [6.07, 6.45) is 1.20. The minimum absolute atomic E-state index is 0.342. The molecule has 1 fully saturated rings. The molecule has 0 saturated carbocycles. The maximum Gasteiger partial charge on any atom is 0.0549 e. The van der Waals surface area contributed by atoms with E-state index in [1.807, 2.05) is 0 Å². The third kappa shape index (κ3) is 2.05. The van der Waals surface area contributed by atoms with Crippen molar-refractivity contribution in [2.45, 2.75) is 34.1 Å². The molecule has 1 unspecified atom stereocenters. The van der Waals surface area contributed by atoms with Crippen LogP contribution in [-0.2, 0) is 4.74 Å². The molecule has 2 N–H and O–H groups in total. The summed E-state index contributed by atoms with van der Waals surface area (Å²) in [4.78, 5) is 0. The number of hydrogen-bond acceptors (Lipinski definition) is 2. The van der Waals surface area contributed by atoms with Crippen molar-refractivity contribution in [1.29, 1.82) is 0 Å². The average Bonchev–Trinajstić information content (AvgIpc) is 1.93. The Kier molecular flexibility index (Phi) is 3.03. The Balaban J connectivity index is 2.60. The summed E-state index contributed by atoms with van der Waals surface area (Å²) >= 11 is 0. The Morgan fingerprint density at radius 1 is 1.38 bits per heavy atom. The van der Waals surface area contributed by atoms with E-state index in [1.54, 1.807) is 0 Å². The smallest absolute Gasteiger partial charge is 0.0549 e. The number of ether oxygens (including phenoxy) is 1. The normalized spacial score (nSPS) is 23.8. The van der Waals surface area contributed by atoms with Gasteiger partial charge in [-0.25, -0.2) is 0 Å². The van der Waals surface area contributed by atoms with Gasteiger partial charge < -0.3 is 10.5 Å². The molecule has 78 valence electrons. The highest BCUT2D eigenvalue weighted by Crippen LogP contribution is 2.48. The highest BCUT2D eigenvalue weighted by molar-refractivity contribution is 4.96. The van der Waals surface area contributed by atoms with Crippen LogP contribution in [0.15, 0.2) is 0 Å². The molecule has 13 heavy (non-hydrogen) atoms. The molecule has 2 heteroatoms. The molecule has 1 aliphatic heterocycles. The van der Waals surface area contributed by atoms with Crippen LogP contribution in [0.5, 0.6) is 0 Å². The van der Waals surface area contributed by atoms with Crippen LogP contribution in [0.1, 0.15) is 34.1 Å². The van der Waals surface area contributed by atoms with E-state index < -0.39 is 0 Å². The fraction of sp³-hybridized carbons (Fsp3) is 1.00. The van der Waals surface area contributed by atoms with Gasteiger partial charge in [-0.3, -0.25) is 0 Å². The molecular weight excluding hydrogens is 162 g/mol. The van der Waals surface area contributed by atoms with Crippen LogP contribution in [0, 0.1) is 16.7 Å². The van der Waals surface area contributed by atoms with Gasteiger partial charge in [-0.15, -0.1) is 0 Å². The zero-order valence-electron chi connectivity index (χ0n) is 9.39. The molecular formula is C11H23NO. The lowest BCUT2D eigenvalue weighted by atomic mass is 9.61. The molecule has 0 amide bonds. The van der Waals surface area contributed by atoms with Crippen LogP contribution in [0.25, 0.3) is 0 Å². The fourth-order valence-electron chi connectivity index (χ4n) is 1.96. The average molecular weight is 185 g/mol. The van der Waals surface area contributed by atoms with Crippen molar-refractivity contribution in [3.05, 3.63) is 0 Å². The van der Waals surface area contributed by atoms with E-state index >= 15 is 0 Å². The number of hydrogen-bond donors (Lipinski definition) is 1. The van der Waals surface area contributed by atoms with Crippen LogP contribution in [-0.4, -0.2) is 19.8 Å². The molecule has 1 rings (SSSR count). The Bertz CT molecular complexity index is 167. The van der Waals surface area contributed by atoms with Gasteiger partial charge in [0.15, 0.2) is 0 Å². The highest BCUT2D eigenvalue weighted by Gasteiger charge is 2.48. The van der Waals surface area contributed by atoms with E-state index in [4.69, 9.17) is 10.5 Å². The van der Waals surface area contributed by atoms with Gasteiger partial charge in [0.05, 0.1) is 13.2 Å². The Morgan fingerprint density at radius 3 is 2.15 bits per heavy atom. The van der Waals surface area contributed by atoms with Crippen LogP contribution in [0.4, 0.5) is 0 Å². The van der Waals surface area contributed by atoms with Gasteiger partial charge in [0.25, 0.3) is 0 Å². The fourth-order valence-corrected chi connectivity index (χ4v) is 1.96. The van der Waals surface area contributed by atoms with Gasteiger partial charge in [0.2, 0.25) is 0 Å². The molecule has 0 aliphatic carbocycles. The van der Waals surface area contributed by atoms with Gasteiger partial charge in [-0.1, -0.05) is 27.7 Å². The van der Waals surface area contributed by atoms with E-state index in [0.29, 0.717) is 16.7 Å². The maximum absolute atomic E-state index is 5.66. The number of nitrogens with two attached hydrogens (primary N) is 1. The maximum atomic E-state index is 5.66. The van der Waals surface area contributed by atoms with E-state index in [0.717, 1.165) is 19.8 Å². The standard InChI is InChI=1S/C11H23NO/c1-9(6-12)5-11(7-13-8-11)10(2,3)4/h9H,5-8,12H2,1-4H3. The predicted octanol–water partition coefficient (Wildman–Crippen LogP) is 2.03. The summed E-state index contributed by atoms with van der Waals surface area (Å²) in [5.41, 5.74) is 6.38. The molecule has 0 bridgehead atoms. The summed E-state index contributed by atoms with van der Waals surface area (Å²) in [5.74, 6) is 0.614.